The summed E-state index contributed by atoms with van der Waals surface area (Å²) in [5, 5.41) is 0. The molecule has 0 unspecified atom stereocenters. The van der Waals surface area contributed by atoms with Crippen molar-refractivity contribution in [2.45, 2.75) is 22.8 Å². The number of rotatable bonds is 2. The van der Waals surface area contributed by atoms with Crippen LogP contribution in [0.4, 0.5) is 0 Å². The van der Waals surface area contributed by atoms with Gasteiger partial charge in [0.25, 0.3) is 0 Å². The molecule has 0 saturated heterocycles. The molecule has 0 N–H and O–H groups in total. The van der Waals surface area contributed by atoms with E-state index < -0.39 is 29.3 Å². The van der Waals surface area contributed by atoms with Gasteiger partial charge in [-0.25, -0.2) is 0 Å². The second-order valence-corrected chi connectivity index (χ2v) is 13.0. The zero-order valence-electron chi connectivity index (χ0n) is 8.20. The second-order valence-electron chi connectivity index (χ2n) is 3.31. The minimum absolute atomic E-state index is 0.626. The maximum absolute atomic E-state index is 2.38. The Bertz CT molecular complexity index is 210. The van der Waals surface area contributed by atoms with E-state index in [2.05, 4.69) is 47.1 Å². The third-order valence-electron chi connectivity index (χ3n) is 1.88. The molecule has 0 saturated carbocycles. The molecule has 1 aromatic rings. The average molecular weight is 286 g/mol. The normalized spacial score (nSPS) is 11.2. The first kappa shape index (κ1) is 10.4. The Hall–Kier alpha value is 0.337. The molecule has 0 radical (unpaired) electrons. The molecule has 0 aliphatic heterocycles. The quantitative estimate of drug-likeness (QED) is 0.725. The fraction of sp³-hybridized carbons (Fsp3) is 0.400. The number of benzene rings is 1. The molecule has 0 atom stereocenters. The van der Waals surface area contributed by atoms with E-state index >= 15 is 0 Å². The summed E-state index contributed by atoms with van der Waals surface area (Å²) >= 11 is -1.25. The monoisotopic (exact) mass is 286 g/mol. The van der Waals surface area contributed by atoms with Gasteiger partial charge in [0.05, 0.1) is 0 Å². The summed E-state index contributed by atoms with van der Waals surface area (Å²) in [7, 11) is 0. The van der Waals surface area contributed by atoms with Gasteiger partial charge in [0, 0.05) is 0 Å². The van der Waals surface area contributed by atoms with Crippen LogP contribution in [0.15, 0.2) is 24.3 Å². The molecular weight excluding hydrogens is 270 g/mol. The van der Waals surface area contributed by atoms with Crippen molar-refractivity contribution in [3.8, 4) is 0 Å². The Morgan fingerprint density at radius 2 is 0.917 bits per heavy atom. The molecule has 0 heterocycles. The number of hydrogen-bond acceptors (Lipinski definition) is 0. The van der Waals surface area contributed by atoms with Crippen molar-refractivity contribution in [2.24, 2.45) is 0 Å². The molecule has 0 bridgehead atoms. The fourth-order valence-electron chi connectivity index (χ4n) is 1.05. The molecule has 0 aliphatic rings. The minimum atomic E-state index is -0.626. The van der Waals surface area contributed by atoms with Crippen LogP contribution in [0.25, 0.3) is 0 Å². The molecule has 0 spiro atoms. The van der Waals surface area contributed by atoms with Crippen LogP contribution in [-0.4, -0.2) is 29.3 Å². The SMILES string of the molecule is C[As](C)c1ccc([As](C)C)cc1. The van der Waals surface area contributed by atoms with Crippen LogP contribution in [0.5, 0.6) is 0 Å². The van der Waals surface area contributed by atoms with Gasteiger partial charge in [-0.05, 0) is 0 Å². The van der Waals surface area contributed by atoms with E-state index in [-0.39, 0.29) is 0 Å². The van der Waals surface area contributed by atoms with E-state index in [0.717, 1.165) is 0 Å². The van der Waals surface area contributed by atoms with Crippen LogP contribution >= 0.6 is 0 Å². The summed E-state index contributed by atoms with van der Waals surface area (Å²) in [5.41, 5.74) is 9.54. The molecule has 66 valence electrons. The van der Waals surface area contributed by atoms with Crippen LogP contribution in [0.3, 0.4) is 0 Å². The van der Waals surface area contributed by atoms with E-state index in [9.17, 15) is 0 Å². The molecule has 0 amide bonds. The average Bonchev–Trinajstić information content (AvgIpc) is 2.04. The molecule has 1 aromatic carbocycles. The van der Waals surface area contributed by atoms with Crippen molar-refractivity contribution in [3.05, 3.63) is 24.3 Å². The fourth-order valence-corrected chi connectivity index (χ4v) is 4.18. The van der Waals surface area contributed by atoms with Gasteiger partial charge in [-0.3, -0.25) is 0 Å². The summed E-state index contributed by atoms with van der Waals surface area (Å²) in [4.78, 5) is 0. The van der Waals surface area contributed by atoms with Crippen molar-refractivity contribution in [1.29, 1.82) is 0 Å². The van der Waals surface area contributed by atoms with Gasteiger partial charge in [-0.2, -0.15) is 0 Å². The first-order valence-electron chi connectivity index (χ1n) is 4.06. The molecule has 0 fully saturated rings. The van der Waals surface area contributed by atoms with E-state index in [4.69, 9.17) is 0 Å². The third-order valence-corrected chi connectivity index (χ3v) is 7.47. The van der Waals surface area contributed by atoms with E-state index in [1.165, 1.54) is 0 Å². The van der Waals surface area contributed by atoms with Gasteiger partial charge >= 0.3 is 85.1 Å². The van der Waals surface area contributed by atoms with Gasteiger partial charge < -0.3 is 0 Å². The van der Waals surface area contributed by atoms with E-state index in [0.29, 0.717) is 0 Å². The molecule has 0 aromatic heterocycles. The van der Waals surface area contributed by atoms with Gasteiger partial charge in [-0.15, -0.1) is 0 Å². The third kappa shape index (κ3) is 2.68. The topological polar surface area (TPSA) is 0 Å². The van der Waals surface area contributed by atoms with E-state index in [1.807, 2.05) is 0 Å². The van der Waals surface area contributed by atoms with Crippen LogP contribution < -0.4 is 8.70 Å². The van der Waals surface area contributed by atoms with Crippen LogP contribution in [0.2, 0.25) is 22.8 Å². The summed E-state index contributed by atoms with van der Waals surface area (Å²) < 4.78 is 3.20. The second kappa shape index (κ2) is 4.54. The summed E-state index contributed by atoms with van der Waals surface area (Å²) in [6, 6.07) is 9.35. The standard InChI is InChI=1S/C10H16As2/c1-11(2)9-5-7-10(8-6-9)12(3)4/h5-8H,1-4H3. The van der Waals surface area contributed by atoms with Crippen LogP contribution in [0, 0.1) is 0 Å². The van der Waals surface area contributed by atoms with Crippen LogP contribution in [-0.2, 0) is 0 Å². The Labute approximate surface area is 84.9 Å². The molecule has 0 aliphatic carbocycles. The van der Waals surface area contributed by atoms with Crippen molar-refractivity contribution in [1.82, 2.24) is 0 Å². The van der Waals surface area contributed by atoms with Gasteiger partial charge in [0.2, 0.25) is 0 Å². The van der Waals surface area contributed by atoms with Crippen LogP contribution in [0.1, 0.15) is 0 Å². The van der Waals surface area contributed by atoms with Crippen molar-refractivity contribution >= 4 is 38.0 Å². The van der Waals surface area contributed by atoms with Crippen molar-refractivity contribution in [3.63, 3.8) is 0 Å². The maximum atomic E-state index is 2.38. The predicted octanol–water partition coefficient (Wildman–Crippen LogP) is 1.61. The van der Waals surface area contributed by atoms with Gasteiger partial charge in [-0.1, -0.05) is 0 Å². The Balaban J connectivity index is 2.86. The molecular formula is C10H16As2. The first-order chi connectivity index (χ1) is 5.61. The Morgan fingerprint density at radius 3 is 1.08 bits per heavy atom. The summed E-state index contributed by atoms with van der Waals surface area (Å²) in [6.07, 6.45) is 0. The van der Waals surface area contributed by atoms with Gasteiger partial charge in [0.15, 0.2) is 0 Å². The summed E-state index contributed by atoms with van der Waals surface area (Å²) in [5.74, 6) is 0. The zero-order valence-corrected chi connectivity index (χ0v) is 12.0. The summed E-state index contributed by atoms with van der Waals surface area (Å²) in [6.45, 7) is 0. The first-order valence-corrected chi connectivity index (χ1v) is 13.4. The van der Waals surface area contributed by atoms with Gasteiger partial charge in [0.1, 0.15) is 0 Å². The van der Waals surface area contributed by atoms with Crippen molar-refractivity contribution < 1.29 is 0 Å². The zero-order chi connectivity index (χ0) is 9.14. The molecule has 12 heavy (non-hydrogen) atoms. The molecule has 2 heteroatoms. The Kier molecular flexibility index (Phi) is 3.94. The van der Waals surface area contributed by atoms with Crippen molar-refractivity contribution in [2.75, 3.05) is 0 Å². The number of hydrogen-bond donors (Lipinski definition) is 0. The van der Waals surface area contributed by atoms with E-state index in [1.54, 1.807) is 8.70 Å². The Morgan fingerprint density at radius 1 is 0.667 bits per heavy atom. The predicted molar refractivity (Wildman–Crippen MR) is 60.7 cm³/mol. The molecule has 1 rings (SSSR count). The molecule has 0 nitrogen and oxygen atoms in total.